The summed E-state index contributed by atoms with van der Waals surface area (Å²) < 4.78 is 26.9. The Bertz CT molecular complexity index is 1450. The summed E-state index contributed by atoms with van der Waals surface area (Å²) in [6.45, 7) is 2.42. The van der Waals surface area contributed by atoms with Crippen LogP contribution in [0.1, 0.15) is 181 Å². The number of carboxylic acids is 1. The number of phosphoric acid groups is 1. The number of rotatable bonds is 44. The molecule has 0 radical (unpaired) electrons. The van der Waals surface area contributed by atoms with Crippen LogP contribution in [0.4, 0.5) is 0 Å². The summed E-state index contributed by atoms with van der Waals surface area (Å²) in [6.07, 6.45) is 58.5. The highest BCUT2D eigenvalue weighted by molar-refractivity contribution is 7.47. The van der Waals surface area contributed by atoms with Gasteiger partial charge in [-0.3, -0.25) is 18.6 Å². The van der Waals surface area contributed by atoms with Gasteiger partial charge in [-0.25, -0.2) is 9.36 Å². The third-order valence-corrected chi connectivity index (χ3v) is 10.8. The summed E-state index contributed by atoms with van der Waals surface area (Å²) in [5, 5.41) is 21.9. The van der Waals surface area contributed by atoms with Gasteiger partial charge in [0.15, 0.2) is 6.04 Å². The zero-order valence-electron chi connectivity index (χ0n) is 39.5. The second-order valence-electron chi connectivity index (χ2n) is 15.9. The van der Waals surface area contributed by atoms with Crippen molar-refractivity contribution < 1.29 is 47.8 Å². The highest BCUT2D eigenvalue weighted by Crippen LogP contribution is 2.43. The van der Waals surface area contributed by atoms with Crippen molar-refractivity contribution in [3.63, 3.8) is 0 Å². The maximum atomic E-state index is 12.3. The molecule has 12 heteroatoms. The van der Waals surface area contributed by atoms with Crippen LogP contribution < -0.4 is 5.32 Å². The average molecular weight is 916 g/mol. The van der Waals surface area contributed by atoms with E-state index in [1.165, 1.54) is 51.4 Å². The number of hydrogen-bond acceptors (Lipinski definition) is 8. The first kappa shape index (κ1) is 60.4. The van der Waals surface area contributed by atoms with Crippen LogP contribution >= 0.6 is 7.82 Å². The number of carbonyl (C=O) groups excluding carboxylic acids is 2. The molecule has 0 aliphatic rings. The maximum Gasteiger partial charge on any atom is 0.472 e. The number of aliphatic carboxylic acids is 1. The van der Waals surface area contributed by atoms with Gasteiger partial charge in [0.05, 0.1) is 13.2 Å². The quantitative estimate of drug-likeness (QED) is 0.0200. The monoisotopic (exact) mass is 916 g/mol. The number of aliphatic hydroxyl groups is 1. The maximum absolute atomic E-state index is 12.3. The third-order valence-electron chi connectivity index (χ3n) is 9.86. The number of unbranched alkanes of at least 4 members (excludes halogenated alkanes) is 14. The smallest absolute Gasteiger partial charge is 0.472 e. The molecule has 0 saturated carbocycles. The van der Waals surface area contributed by atoms with Gasteiger partial charge < -0.3 is 25.2 Å². The van der Waals surface area contributed by atoms with Gasteiger partial charge >= 0.3 is 19.8 Å². The summed E-state index contributed by atoms with van der Waals surface area (Å²) >= 11 is 0. The van der Waals surface area contributed by atoms with E-state index in [0.29, 0.717) is 12.8 Å². The molecule has 0 bridgehead atoms. The van der Waals surface area contributed by atoms with Crippen molar-refractivity contribution in [1.29, 1.82) is 0 Å². The van der Waals surface area contributed by atoms with Crippen molar-refractivity contribution in [3.8, 4) is 0 Å². The van der Waals surface area contributed by atoms with E-state index in [4.69, 9.17) is 13.8 Å². The average Bonchev–Trinajstić information content (AvgIpc) is 3.27. The van der Waals surface area contributed by atoms with Crippen molar-refractivity contribution >= 4 is 25.7 Å². The Morgan fingerprint density at radius 1 is 0.516 bits per heavy atom. The molecule has 0 aliphatic carbocycles. The molecule has 3 atom stereocenters. The molecular formula is C52H86NO10P. The Morgan fingerprint density at radius 3 is 1.38 bits per heavy atom. The number of hydrogen-bond donors (Lipinski definition) is 4. The fourth-order valence-electron chi connectivity index (χ4n) is 6.11. The predicted octanol–water partition coefficient (Wildman–Crippen LogP) is 13.2. The number of carboxylic acid groups (broad SMARTS) is 1. The molecule has 1 amide bonds. The van der Waals surface area contributed by atoms with Gasteiger partial charge in [0.1, 0.15) is 12.7 Å². The second-order valence-corrected chi connectivity index (χ2v) is 17.4. The summed E-state index contributed by atoms with van der Waals surface area (Å²) in [5.41, 5.74) is 0. The molecule has 0 aliphatic heterocycles. The van der Waals surface area contributed by atoms with E-state index in [9.17, 15) is 34.1 Å². The number of ether oxygens (including phenoxy) is 1. The fourth-order valence-corrected chi connectivity index (χ4v) is 6.88. The molecule has 364 valence electrons. The summed E-state index contributed by atoms with van der Waals surface area (Å²) in [4.78, 5) is 46.1. The van der Waals surface area contributed by atoms with Gasteiger partial charge in [-0.2, -0.15) is 0 Å². The van der Waals surface area contributed by atoms with Crippen LogP contribution in [0.3, 0.4) is 0 Å². The molecule has 4 N–H and O–H groups in total. The summed E-state index contributed by atoms with van der Waals surface area (Å²) in [5.74, 6) is -2.44. The fraction of sp³-hybridized carbons (Fsp3) is 0.635. The Hall–Kier alpha value is -3.60. The van der Waals surface area contributed by atoms with Crippen molar-refractivity contribution in [2.45, 2.75) is 193 Å². The van der Waals surface area contributed by atoms with Crippen molar-refractivity contribution in [3.05, 3.63) is 97.2 Å². The van der Waals surface area contributed by atoms with E-state index >= 15 is 0 Å². The van der Waals surface area contributed by atoms with Crippen molar-refractivity contribution in [1.82, 2.24) is 5.32 Å². The van der Waals surface area contributed by atoms with Crippen LogP contribution in [0.25, 0.3) is 0 Å². The van der Waals surface area contributed by atoms with Crippen LogP contribution in [-0.4, -0.2) is 64.9 Å². The zero-order valence-corrected chi connectivity index (χ0v) is 40.4. The van der Waals surface area contributed by atoms with E-state index in [-0.39, 0.29) is 12.8 Å². The van der Waals surface area contributed by atoms with Crippen LogP contribution in [-0.2, 0) is 32.7 Å². The minimum Gasteiger partial charge on any atom is -0.480 e. The van der Waals surface area contributed by atoms with E-state index < -0.39 is 57.6 Å². The first-order valence-corrected chi connectivity index (χ1v) is 25.8. The number of amides is 1. The van der Waals surface area contributed by atoms with E-state index in [1.54, 1.807) is 0 Å². The molecule has 3 unspecified atom stereocenters. The van der Waals surface area contributed by atoms with Crippen LogP contribution in [0.15, 0.2) is 97.2 Å². The first-order valence-electron chi connectivity index (χ1n) is 24.3. The Kier molecular flexibility index (Phi) is 43.4. The SMILES string of the molecule is CC/C=C\C/C=C\C/C=C\C/C=C\C/C=C\CCCCCC(=O)NC(COP(=O)(O)OCC(O)COC(=O)CCCCCCCCCC/C=C\C/C=C\C/C=C\CCCCC)C(=O)O. The first-order chi connectivity index (χ1) is 31.1. The zero-order chi connectivity index (χ0) is 47.0. The lowest BCUT2D eigenvalue weighted by molar-refractivity contribution is -0.147. The molecule has 0 aromatic rings. The number of carbonyl (C=O) groups is 3. The topological polar surface area (TPSA) is 169 Å². The van der Waals surface area contributed by atoms with Gasteiger partial charge in [0.2, 0.25) is 5.91 Å². The highest BCUT2D eigenvalue weighted by Gasteiger charge is 2.28. The molecule has 0 rings (SSSR count). The van der Waals surface area contributed by atoms with E-state index in [2.05, 4.69) is 116 Å². The minimum atomic E-state index is -4.78. The normalized spacial score (nSPS) is 14.4. The lowest BCUT2D eigenvalue weighted by Gasteiger charge is -2.18. The third kappa shape index (κ3) is 45.0. The van der Waals surface area contributed by atoms with Gasteiger partial charge in [-0.15, -0.1) is 0 Å². The van der Waals surface area contributed by atoms with Crippen LogP contribution in [0, 0.1) is 0 Å². The lowest BCUT2D eigenvalue weighted by Crippen LogP contribution is -2.43. The molecule has 0 spiro atoms. The number of phosphoric ester groups is 1. The summed E-state index contributed by atoms with van der Waals surface area (Å²) in [7, 11) is -4.78. The number of aliphatic hydroxyl groups excluding tert-OH is 1. The van der Waals surface area contributed by atoms with E-state index in [0.717, 1.165) is 89.9 Å². The van der Waals surface area contributed by atoms with Gasteiger partial charge in [0, 0.05) is 12.8 Å². The van der Waals surface area contributed by atoms with Gasteiger partial charge in [-0.05, 0) is 96.3 Å². The Balaban J connectivity index is 3.94. The molecule has 0 fully saturated rings. The number of esters is 1. The highest BCUT2D eigenvalue weighted by atomic mass is 31.2. The van der Waals surface area contributed by atoms with Crippen molar-refractivity contribution in [2.75, 3.05) is 19.8 Å². The van der Waals surface area contributed by atoms with Gasteiger partial charge in [-0.1, -0.05) is 169 Å². The van der Waals surface area contributed by atoms with Gasteiger partial charge in [0.25, 0.3) is 0 Å². The predicted molar refractivity (Wildman–Crippen MR) is 263 cm³/mol. The summed E-state index contributed by atoms with van der Waals surface area (Å²) in [6, 6.07) is -1.57. The van der Waals surface area contributed by atoms with E-state index in [1.807, 2.05) is 0 Å². The van der Waals surface area contributed by atoms with Crippen LogP contribution in [0.2, 0.25) is 0 Å². The molecular weight excluding hydrogens is 830 g/mol. The molecule has 0 saturated heterocycles. The molecule has 11 nitrogen and oxygen atoms in total. The lowest BCUT2D eigenvalue weighted by atomic mass is 10.1. The van der Waals surface area contributed by atoms with Crippen molar-refractivity contribution in [2.24, 2.45) is 0 Å². The Morgan fingerprint density at radius 2 is 0.906 bits per heavy atom. The minimum absolute atomic E-state index is 0.100. The molecule has 0 aromatic heterocycles. The largest absolute Gasteiger partial charge is 0.480 e. The molecule has 64 heavy (non-hydrogen) atoms. The number of nitrogens with one attached hydrogen (secondary N) is 1. The van der Waals surface area contributed by atoms with Crippen LogP contribution in [0.5, 0.6) is 0 Å². The number of allylic oxidation sites excluding steroid dienone is 16. The molecule has 0 heterocycles. The Labute approximate surface area is 387 Å². The molecule has 0 aromatic carbocycles. The second kappa shape index (κ2) is 45.9. The standard InChI is InChI=1S/C52H86NO10P/c1-3-5-7-9-11-13-15-17-19-21-23-24-26-28-30-32-34-36-38-40-42-44-51(56)61-45-48(54)46-62-64(59,60)63-47-49(52(57)58)53-50(55)43-41-39-37-35-33-31-29-27-25-22-20-18-16-14-12-10-8-6-4-2/h6,8,11-14,17-20,23-25,27,31,33,48-49,54H,3-5,7,9-10,15-16,21-22,26,28-30,32,34-47H2,1-2H3,(H,53,55)(H,57,58)(H,59,60)/b8-6-,13-11-,14-12-,19-17-,20-18-,24-23-,27-25-,33-31-.